The molecule has 0 aromatic rings. The molecule has 4 rings (SSSR count). The summed E-state index contributed by atoms with van der Waals surface area (Å²) < 4.78 is 30.7. The maximum atomic E-state index is 11.7. The van der Waals surface area contributed by atoms with Gasteiger partial charge in [-0.2, -0.15) is 0 Å². The molecule has 4 fully saturated rings. The molecule has 3 saturated heterocycles. The van der Waals surface area contributed by atoms with Gasteiger partial charge in [0.25, 0.3) is 0 Å². The Hall–Kier alpha value is -0.950. The molecule has 6 heteroatoms. The fourth-order valence-corrected chi connectivity index (χ4v) is 5.07. The predicted octanol–water partition coefficient (Wildman–Crippen LogP) is 3.13. The van der Waals surface area contributed by atoms with Crippen LogP contribution in [0.4, 0.5) is 0 Å². The first kappa shape index (κ1) is 19.4. The molecule has 0 aromatic carbocycles. The molecule has 6 nitrogen and oxygen atoms in total. The molecule has 1 saturated carbocycles. The molecule has 0 aromatic heterocycles. The number of hydrogen-bond donors (Lipinski definition) is 0. The zero-order valence-electron chi connectivity index (χ0n) is 16.4. The van der Waals surface area contributed by atoms with Gasteiger partial charge in [0.2, 0.25) is 0 Å². The van der Waals surface area contributed by atoms with E-state index in [-0.39, 0.29) is 54.9 Å². The number of fused-ring (bicyclic) bond motifs is 3. The molecule has 0 radical (unpaired) electrons. The van der Waals surface area contributed by atoms with Gasteiger partial charge in [-0.05, 0) is 25.7 Å². The summed E-state index contributed by atoms with van der Waals surface area (Å²) in [6.07, 6.45) is 8.42. The van der Waals surface area contributed by atoms with E-state index in [1.165, 1.54) is 13.5 Å². The zero-order valence-corrected chi connectivity index (χ0v) is 16.4. The number of hydrogen-bond acceptors (Lipinski definition) is 6. The van der Waals surface area contributed by atoms with E-state index >= 15 is 0 Å². The van der Waals surface area contributed by atoms with Crippen LogP contribution in [0.3, 0.4) is 0 Å². The summed E-state index contributed by atoms with van der Waals surface area (Å²) in [7, 11) is 1.41. The highest BCUT2D eigenvalue weighted by atomic mass is 16.8. The summed E-state index contributed by atoms with van der Waals surface area (Å²) in [5.41, 5.74) is 0. The van der Waals surface area contributed by atoms with Crippen LogP contribution in [0.2, 0.25) is 0 Å². The minimum atomic E-state index is -0.496. The van der Waals surface area contributed by atoms with Crippen molar-refractivity contribution >= 4 is 5.97 Å². The maximum absolute atomic E-state index is 11.7. The van der Waals surface area contributed by atoms with Crippen molar-refractivity contribution in [2.24, 2.45) is 5.92 Å². The molecule has 0 N–H and O–H groups in total. The van der Waals surface area contributed by atoms with Crippen molar-refractivity contribution in [3.05, 3.63) is 12.7 Å². The fraction of sp³-hybridized carbons (Fsp3) is 0.857. The third kappa shape index (κ3) is 3.69. The second-order valence-corrected chi connectivity index (χ2v) is 8.45. The quantitative estimate of drug-likeness (QED) is 0.552. The van der Waals surface area contributed by atoms with Gasteiger partial charge in [0, 0.05) is 18.8 Å². The van der Waals surface area contributed by atoms with E-state index in [0.29, 0.717) is 0 Å². The Morgan fingerprint density at radius 3 is 2.59 bits per heavy atom. The van der Waals surface area contributed by atoms with Crippen molar-refractivity contribution < 1.29 is 28.5 Å². The average Bonchev–Trinajstić information content (AvgIpc) is 3.06. The second kappa shape index (κ2) is 7.82. The summed E-state index contributed by atoms with van der Waals surface area (Å²) in [4.78, 5) is 11.7. The Balaban J connectivity index is 1.54. The van der Waals surface area contributed by atoms with Gasteiger partial charge in [0.1, 0.15) is 18.3 Å². The molecule has 1 spiro atoms. The summed E-state index contributed by atoms with van der Waals surface area (Å²) in [6.45, 7) is 6.07. The minimum Gasteiger partial charge on any atom is -0.469 e. The lowest BCUT2D eigenvalue weighted by Crippen LogP contribution is -2.61. The Morgan fingerprint density at radius 1 is 1.15 bits per heavy atom. The van der Waals surface area contributed by atoms with Crippen molar-refractivity contribution in [2.45, 2.75) is 101 Å². The molecule has 4 aliphatic rings. The van der Waals surface area contributed by atoms with Crippen molar-refractivity contribution in [2.75, 3.05) is 7.11 Å². The number of ether oxygens (including phenoxy) is 5. The van der Waals surface area contributed by atoms with E-state index in [2.05, 4.69) is 13.5 Å². The highest BCUT2D eigenvalue weighted by molar-refractivity contribution is 5.69. The molecule has 0 amide bonds. The molecule has 152 valence electrons. The van der Waals surface area contributed by atoms with Crippen molar-refractivity contribution in [3.63, 3.8) is 0 Å². The van der Waals surface area contributed by atoms with Crippen LogP contribution in [-0.2, 0) is 28.5 Å². The zero-order chi connectivity index (χ0) is 19.0. The number of rotatable bonds is 4. The molecular formula is C21H32O6. The molecule has 1 unspecified atom stereocenters. The molecule has 3 heterocycles. The van der Waals surface area contributed by atoms with E-state index in [1.807, 2.05) is 6.08 Å². The Kier molecular flexibility index (Phi) is 5.61. The minimum absolute atomic E-state index is 0.0325. The van der Waals surface area contributed by atoms with E-state index in [0.717, 1.165) is 38.5 Å². The van der Waals surface area contributed by atoms with Crippen molar-refractivity contribution in [1.29, 1.82) is 0 Å². The third-order valence-corrected chi connectivity index (χ3v) is 6.62. The van der Waals surface area contributed by atoms with Crippen molar-refractivity contribution in [3.8, 4) is 0 Å². The smallest absolute Gasteiger partial charge is 0.308 e. The average molecular weight is 380 g/mol. The molecule has 0 bridgehead atoms. The Labute approximate surface area is 161 Å². The molecule has 27 heavy (non-hydrogen) atoms. The summed E-state index contributed by atoms with van der Waals surface area (Å²) in [5, 5.41) is 0. The standard InChI is InChI=1S/C21H32O6/c1-4-13(2)17-19-20(27-21(26-19)10-6-5-7-11-21)18-15(25-17)9-8-14(24-18)12-16(22)23-3/h4,13-15,17-20H,1,5-12H2,2-3H3/t13-,14-,15+,17+,18+,19?,20+/m1/s1. The number of carbonyl (C=O) groups is 1. The first-order valence-electron chi connectivity index (χ1n) is 10.4. The van der Waals surface area contributed by atoms with Crippen LogP contribution in [-0.4, -0.2) is 55.5 Å². The van der Waals surface area contributed by atoms with Crippen LogP contribution in [0.1, 0.15) is 58.3 Å². The van der Waals surface area contributed by atoms with Gasteiger partial charge in [0.15, 0.2) is 5.79 Å². The van der Waals surface area contributed by atoms with Crippen LogP contribution in [0.5, 0.6) is 0 Å². The first-order chi connectivity index (χ1) is 13.0. The van der Waals surface area contributed by atoms with Crippen LogP contribution < -0.4 is 0 Å². The molecular weight excluding hydrogens is 348 g/mol. The van der Waals surface area contributed by atoms with Crippen LogP contribution >= 0.6 is 0 Å². The number of methoxy groups -OCH3 is 1. The molecule has 1 aliphatic carbocycles. The summed E-state index contributed by atoms with van der Waals surface area (Å²) in [6, 6.07) is 0. The van der Waals surface area contributed by atoms with Crippen LogP contribution in [0.25, 0.3) is 0 Å². The summed E-state index contributed by atoms with van der Waals surface area (Å²) >= 11 is 0. The van der Waals surface area contributed by atoms with Gasteiger partial charge >= 0.3 is 5.97 Å². The van der Waals surface area contributed by atoms with Gasteiger partial charge < -0.3 is 23.7 Å². The van der Waals surface area contributed by atoms with Crippen molar-refractivity contribution in [1.82, 2.24) is 0 Å². The van der Waals surface area contributed by atoms with Crippen LogP contribution in [0, 0.1) is 5.92 Å². The van der Waals surface area contributed by atoms with Gasteiger partial charge in [-0.1, -0.05) is 19.4 Å². The van der Waals surface area contributed by atoms with Gasteiger partial charge in [0.05, 0.1) is 31.8 Å². The lowest BCUT2D eigenvalue weighted by Gasteiger charge is -2.47. The monoisotopic (exact) mass is 380 g/mol. The van der Waals surface area contributed by atoms with E-state index < -0.39 is 5.79 Å². The first-order valence-corrected chi connectivity index (χ1v) is 10.4. The lowest BCUT2D eigenvalue weighted by molar-refractivity contribution is -0.245. The van der Waals surface area contributed by atoms with Gasteiger partial charge in [-0.25, -0.2) is 0 Å². The fourth-order valence-electron chi connectivity index (χ4n) is 5.07. The highest BCUT2D eigenvalue weighted by Gasteiger charge is 2.60. The normalized spacial score (nSPS) is 41.4. The molecule has 3 aliphatic heterocycles. The topological polar surface area (TPSA) is 63.2 Å². The van der Waals surface area contributed by atoms with Gasteiger partial charge in [-0.3, -0.25) is 4.79 Å². The third-order valence-electron chi connectivity index (χ3n) is 6.62. The lowest BCUT2D eigenvalue weighted by atomic mass is 9.85. The Morgan fingerprint density at radius 2 is 1.89 bits per heavy atom. The van der Waals surface area contributed by atoms with Crippen LogP contribution in [0.15, 0.2) is 12.7 Å². The van der Waals surface area contributed by atoms with Gasteiger partial charge in [-0.15, -0.1) is 6.58 Å². The number of esters is 1. The largest absolute Gasteiger partial charge is 0.469 e. The Bertz CT molecular complexity index is 557. The number of carbonyl (C=O) groups excluding carboxylic acids is 1. The maximum Gasteiger partial charge on any atom is 0.308 e. The van der Waals surface area contributed by atoms with E-state index in [4.69, 9.17) is 23.7 Å². The summed E-state index contributed by atoms with van der Waals surface area (Å²) in [5.74, 6) is -0.560. The SMILES string of the molecule is C=C[C@@H](C)[C@@H]1O[C@H]2CC[C@H](CC(=O)OC)O[C@@H]2[C@@H]2OC3(CCCCC3)OC21. The van der Waals surface area contributed by atoms with E-state index in [1.54, 1.807) is 0 Å². The second-order valence-electron chi connectivity index (χ2n) is 8.45. The predicted molar refractivity (Wildman–Crippen MR) is 98.1 cm³/mol. The van der Waals surface area contributed by atoms with E-state index in [9.17, 15) is 4.79 Å². The highest BCUT2D eigenvalue weighted by Crippen LogP contribution is 2.48. The molecule has 7 atom stereocenters.